The largest absolute Gasteiger partial charge is 0.354 e. The number of aromatic nitrogens is 2. The highest BCUT2D eigenvalue weighted by molar-refractivity contribution is 7.13. The molecular weight excluding hydrogens is 364 g/mol. The summed E-state index contributed by atoms with van der Waals surface area (Å²) in [5, 5.41) is 8.11. The van der Waals surface area contributed by atoms with E-state index in [1.165, 1.54) is 4.88 Å². The fraction of sp³-hybridized carbons (Fsp3) is 0.316. The Balaban J connectivity index is 1.49. The lowest BCUT2D eigenvalue weighted by atomic mass is 10.2. The van der Waals surface area contributed by atoms with Gasteiger partial charge in [0.2, 0.25) is 5.91 Å². The van der Waals surface area contributed by atoms with Crippen LogP contribution in [0.4, 0.5) is 0 Å². The van der Waals surface area contributed by atoms with Gasteiger partial charge in [0.25, 0.3) is 0 Å². The Kier molecular flexibility index (Phi) is 6.49. The molecule has 1 amide bonds. The second-order valence-corrected chi connectivity index (χ2v) is 8.02. The fourth-order valence-corrected chi connectivity index (χ4v) is 4.39. The number of nitrogens with one attached hydrogen (secondary N) is 1. The van der Waals surface area contributed by atoms with Crippen LogP contribution in [0.3, 0.4) is 0 Å². The average Bonchev–Trinajstić information content (AvgIpc) is 3.33. The maximum absolute atomic E-state index is 12.2. The van der Waals surface area contributed by atoms with Gasteiger partial charge in [-0.25, -0.2) is 4.98 Å². The number of nitrogens with zero attached hydrogens (tertiary/aromatic N) is 3. The molecule has 1 atom stereocenters. The zero-order valence-corrected chi connectivity index (χ0v) is 16.5. The summed E-state index contributed by atoms with van der Waals surface area (Å²) in [6.07, 6.45) is 4.63. The number of aryl methyl sites for hydroxylation is 1. The molecule has 0 radical (unpaired) electrons. The number of hydrogen-bond donors (Lipinski definition) is 1. The molecule has 3 heterocycles. The van der Waals surface area contributed by atoms with E-state index in [2.05, 4.69) is 31.6 Å². The first-order valence-corrected chi connectivity index (χ1v) is 10.2. The van der Waals surface area contributed by atoms with Gasteiger partial charge in [-0.3, -0.25) is 9.78 Å². The van der Waals surface area contributed by atoms with Crippen molar-refractivity contribution in [3.8, 4) is 10.6 Å². The topological polar surface area (TPSA) is 58.1 Å². The molecule has 3 aromatic heterocycles. The molecule has 0 saturated carbocycles. The highest BCUT2D eigenvalue weighted by Gasteiger charge is 2.16. The van der Waals surface area contributed by atoms with Crippen molar-refractivity contribution >= 4 is 28.6 Å². The van der Waals surface area contributed by atoms with E-state index in [-0.39, 0.29) is 11.9 Å². The van der Waals surface area contributed by atoms with Crippen molar-refractivity contribution in [1.29, 1.82) is 0 Å². The van der Waals surface area contributed by atoms with Crippen LogP contribution in [-0.4, -0.2) is 41.4 Å². The highest BCUT2D eigenvalue weighted by atomic mass is 32.1. The van der Waals surface area contributed by atoms with Gasteiger partial charge in [0, 0.05) is 41.2 Å². The predicted molar refractivity (Wildman–Crippen MR) is 107 cm³/mol. The predicted octanol–water partition coefficient (Wildman–Crippen LogP) is 3.62. The molecule has 0 aliphatic heterocycles. The number of carbonyl (C=O) groups is 1. The first kappa shape index (κ1) is 18.7. The number of pyridine rings is 1. The van der Waals surface area contributed by atoms with Crippen LogP contribution in [-0.2, 0) is 11.2 Å². The Morgan fingerprint density at radius 2 is 2.04 bits per heavy atom. The monoisotopic (exact) mass is 386 g/mol. The van der Waals surface area contributed by atoms with Crippen LogP contribution in [0.1, 0.15) is 23.0 Å². The molecular formula is C19H22N4OS2. The Labute approximate surface area is 161 Å². The van der Waals surface area contributed by atoms with Crippen molar-refractivity contribution in [2.75, 3.05) is 20.6 Å². The molecule has 1 N–H and O–H groups in total. The molecule has 5 nitrogen and oxygen atoms in total. The molecule has 0 spiro atoms. The smallest absolute Gasteiger partial charge is 0.220 e. The van der Waals surface area contributed by atoms with Crippen LogP contribution in [0.2, 0.25) is 0 Å². The van der Waals surface area contributed by atoms with Crippen molar-refractivity contribution in [3.05, 3.63) is 58.0 Å². The summed E-state index contributed by atoms with van der Waals surface area (Å²) in [6.45, 7) is 0.617. The molecule has 0 aromatic carbocycles. The molecule has 0 aliphatic rings. The van der Waals surface area contributed by atoms with Crippen LogP contribution in [0.5, 0.6) is 0 Å². The molecule has 26 heavy (non-hydrogen) atoms. The lowest BCUT2D eigenvalue weighted by molar-refractivity contribution is -0.121. The van der Waals surface area contributed by atoms with Crippen molar-refractivity contribution in [3.63, 3.8) is 0 Å². The number of likely N-dealkylation sites (N-methyl/N-ethyl adjacent to an activating group) is 1. The second-order valence-electron chi connectivity index (χ2n) is 6.18. The van der Waals surface area contributed by atoms with Gasteiger partial charge in [-0.05, 0) is 44.1 Å². The first-order valence-electron chi connectivity index (χ1n) is 8.45. The van der Waals surface area contributed by atoms with Crippen LogP contribution < -0.4 is 5.32 Å². The Morgan fingerprint density at radius 3 is 2.73 bits per heavy atom. The summed E-state index contributed by atoms with van der Waals surface area (Å²) in [6, 6.07) is 8.25. The van der Waals surface area contributed by atoms with Gasteiger partial charge >= 0.3 is 0 Å². The van der Waals surface area contributed by atoms with Crippen molar-refractivity contribution in [2.45, 2.75) is 18.9 Å². The summed E-state index contributed by atoms with van der Waals surface area (Å²) in [4.78, 5) is 24.3. The second kappa shape index (κ2) is 9.02. The van der Waals surface area contributed by atoms with E-state index in [0.29, 0.717) is 19.4 Å². The number of carbonyl (C=O) groups excluding carboxylic acids is 1. The summed E-state index contributed by atoms with van der Waals surface area (Å²) in [5.41, 5.74) is 2.02. The standard InChI is InChI=1S/C19H22N4OS2/c1-23(2)16(17-4-3-11-25-17)12-21-18(24)6-5-15-13-26-19(22-15)14-7-9-20-10-8-14/h3-4,7-11,13,16H,5-6,12H2,1-2H3,(H,21,24). The van der Waals surface area contributed by atoms with Gasteiger partial charge in [0.1, 0.15) is 5.01 Å². The Bertz CT molecular complexity index is 815. The third-order valence-corrected chi connectivity index (χ3v) is 5.99. The number of hydrogen-bond acceptors (Lipinski definition) is 6. The van der Waals surface area contributed by atoms with Crippen LogP contribution in [0.25, 0.3) is 10.6 Å². The normalized spacial score (nSPS) is 12.3. The van der Waals surface area contributed by atoms with Crippen molar-refractivity contribution < 1.29 is 4.79 Å². The van der Waals surface area contributed by atoms with Crippen molar-refractivity contribution in [2.24, 2.45) is 0 Å². The molecule has 0 fully saturated rings. The van der Waals surface area contributed by atoms with E-state index < -0.39 is 0 Å². The van der Waals surface area contributed by atoms with E-state index >= 15 is 0 Å². The van der Waals surface area contributed by atoms with Gasteiger partial charge in [0.05, 0.1) is 11.7 Å². The average molecular weight is 387 g/mol. The number of rotatable bonds is 8. The first-order chi connectivity index (χ1) is 12.6. The summed E-state index contributed by atoms with van der Waals surface area (Å²) >= 11 is 3.31. The minimum Gasteiger partial charge on any atom is -0.354 e. The van der Waals surface area contributed by atoms with Gasteiger partial charge in [-0.1, -0.05) is 6.07 Å². The van der Waals surface area contributed by atoms with Gasteiger partial charge < -0.3 is 10.2 Å². The molecule has 0 aliphatic carbocycles. The van der Waals surface area contributed by atoms with E-state index in [4.69, 9.17) is 0 Å². The number of thiazole rings is 1. The van der Waals surface area contributed by atoms with Crippen LogP contribution >= 0.6 is 22.7 Å². The van der Waals surface area contributed by atoms with Crippen molar-refractivity contribution in [1.82, 2.24) is 20.2 Å². The maximum Gasteiger partial charge on any atom is 0.220 e. The third kappa shape index (κ3) is 4.97. The Morgan fingerprint density at radius 1 is 1.23 bits per heavy atom. The van der Waals surface area contributed by atoms with E-state index in [1.54, 1.807) is 35.1 Å². The van der Waals surface area contributed by atoms with E-state index in [1.807, 2.05) is 37.7 Å². The van der Waals surface area contributed by atoms with Gasteiger partial charge in [-0.2, -0.15) is 0 Å². The molecule has 3 aromatic rings. The summed E-state index contributed by atoms with van der Waals surface area (Å²) < 4.78 is 0. The maximum atomic E-state index is 12.2. The number of amides is 1. The Hall–Kier alpha value is -2.09. The number of thiophene rings is 1. The molecule has 136 valence electrons. The minimum absolute atomic E-state index is 0.0619. The molecule has 0 saturated heterocycles. The minimum atomic E-state index is 0.0619. The summed E-state index contributed by atoms with van der Waals surface area (Å²) in [7, 11) is 4.07. The molecule has 7 heteroatoms. The van der Waals surface area contributed by atoms with Gasteiger partial charge in [0.15, 0.2) is 0 Å². The molecule has 0 bridgehead atoms. The fourth-order valence-electron chi connectivity index (χ4n) is 2.61. The SMILES string of the molecule is CN(C)C(CNC(=O)CCc1csc(-c2ccncc2)n1)c1cccs1. The molecule has 3 rings (SSSR count). The third-order valence-electron chi connectivity index (χ3n) is 4.07. The van der Waals surface area contributed by atoms with E-state index in [9.17, 15) is 4.79 Å². The quantitative estimate of drug-likeness (QED) is 0.642. The zero-order chi connectivity index (χ0) is 18.4. The zero-order valence-electron chi connectivity index (χ0n) is 14.9. The van der Waals surface area contributed by atoms with E-state index in [0.717, 1.165) is 16.3 Å². The van der Waals surface area contributed by atoms with Crippen LogP contribution in [0, 0.1) is 0 Å². The summed E-state index contributed by atoms with van der Waals surface area (Å²) in [5.74, 6) is 0.0619. The lowest BCUT2D eigenvalue weighted by Gasteiger charge is -2.23. The highest BCUT2D eigenvalue weighted by Crippen LogP contribution is 2.24. The van der Waals surface area contributed by atoms with Crippen LogP contribution in [0.15, 0.2) is 47.4 Å². The molecule has 1 unspecified atom stereocenters. The van der Waals surface area contributed by atoms with Gasteiger partial charge in [-0.15, -0.1) is 22.7 Å². The lowest BCUT2D eigenvalue weighted by Crippen LogP contribution is -2.34.